The second-order valence-electron chi connectivity index (χ2n) is 5.50. The van der Waals surface area contributed by atoms with Gasteiger partial charge in [-0.1, -0.05) is 31.9 Å². The van der Waals surface area contributed by atoms with E-state index in [1.165, 1.54) is 47.7 Å². The Morgan fingerprint density at radius 3 is 2.65 bits per heavy atom. The van der Waals surface area contributed by atoms with Crippen LogP contribution in [-0.4, -0.2) is 25.0 Å². The van der Waals surface area contributed by atoms with E-state index in [1.807, 2.05) is 0 Å². The number of benzene rings is 1. The van der Waals surface area contributed by atoms with Crippen molar-refractivity contribution in [3.8, 4) is 0 Å². The molecule has 0 amide bonds. The van der Waals surface area contributed by atoms with E-state index in [-0.39, 0.29) is 0 Å². The minimum absolute atomic E-state index is 0.408. The lowest BCUT2D eigenvalue weighted by Gasteiger charge is -2.37. The van der Waals surface area contributed by atoms with Crippen molar-refractivity contribution in [3.63, 3.8) is 0 Å². The summed E-state index contributed by atoms with van der Waals surface area (Å²) >= 11 is 7.51. The molecule has 1 heterocycles. The topological polar surface area (TPSA) is 3.24 Å². The molecule has 1 saturated heterocycles. The van der Waals surface area contributed by atoms with Crippen molar-refractivity contribution >= 4 is 31.9 Å². The molecule has 17 heavy (non-hydrogen) atoms. The highest BCUT2D eigenvalue weighted by molar-refractivity contribution is 9.11. The van der Waals surface area contributed by atoms with Gasteiger partial charge in [0.15, 0.2) is 0 Å². The SMILES string of the molecule is CN1CCC2(CCCc3c(Br)ccc(Br)c32)C1. The lowest BCUT2D eigenvalue weighted by molar-refractivity contribution is 0.333. The molecule has 0 N–H and O–H groups in total. The first-order chi connectivity index (χ1) is 8.12. The molecular formula is C14H17Br2N. The molecule has 1 aromatic rings. The zero-order valence-corrected chi connectivity index (χ0v) is 13.3. The fourth-order valence-electron chi connectivity index (χ4n) is 3.63. The van der Waals surface area contributed by atoms with E-state index >= 15 is 0 Å². The number of hydrogen-bond acceptors (Lipinski definition) is 1. The van der Waals surface area contributed by atoms with Crippen LogP contribution >= 0.6 is 31.9 Å². The van der Waals surface area contributed by atoms with Gasteiger partial charge in [-0.25, -0.2) is 0 Å². The zero-order chi connectivity index (χ0) is 12.0. The van der Waals surface area contributed by atoms with Crippen LogP contribution in [0.3, 0.4) is 0 Å². The van der Waals surface area contributed by atoms with E-state index in [0.717, 1.165) is 0 Å². The number of hydrogen-bond donors (Lipinski definition) is 0. The molecule has 1 aliphatic carbocycles. The first-order valence-electron chi connectivity index (χ1n) is 6.28. The van der Waals surface area contributed by atoms with Crippen LogP contribution in [0.1, 0.15) is 30.4 Å². The van der Waals surface area contributed by atoms with Gasteiger partial charge in [-0.05, 0) is 62.5 Å². The molecule has 2 aliphatic rings. The second-order valence-corrected chi connectivity index (χ2v) is 7.21. The van der Waals surface area contributed by atoms with Crippen LogP contribution in [0.25, 0.3) is 0 Å². The van der Waals surface area contributed by atoms with E-state index in [2.05, 4.69) is 55.9 Å². The van der Waals surface area contributed by atoms with Crippen molar-refractivity contribution in [3.05, 3.63) is 32.2 Å². The maximum Gasteiger partial charge on any atom is 0.0216 e. The van der Waals surface area contributed by atoms with Gasteiger partial charge < -0.3 is 4.90 Å². The van der Waals surface area contributed by atoms with Gasteiger partial charge in [-0.15, -0.1) is 0 Å². The number of fused-ring (bicyclic) bond motifs is 2. The molecule has 3 heteroatoms. The molecule has 3 rings (SSSR count). The van der Waals surface area contributed by atoms with Crippen molar-refractivity contribution in [1.29, 1.82) is 0 Å². The van der Waals surface area contributed by atoms with Crippen LogP contribution in [0, 0.1) is 0 Å². The van der Waals surface area contributed by atoms with E-state index in [0.29, 0.717) is 5.41 Å². The van der Waals surface area contributed by atoms with Crippen LogP contribution in [-0.2, 0) is 11.8 Å². The highest BCUT2D eigenvalue weighted by Gasteiger charge is 2.42. The molecule has 0 bridgehead atoms. The lowest BCUT2D eigenvalue weighted by atomic mass is 9.69. The van der Waals surface area contributed by atoms with Crippen molar-refractivity contribution < 1.29 is 0 Å². The van der Waals surface area contributed by atoms with Gasteiger partial charge >= 0.3 is 0 Å². The van der Waals surface area contributed by atoms with Gasteiger partial charge in [0.05, 0.1) is 0 Å². The smallest absolute Gasteiger partial charge is 0.0216 e. The Morgan fingerprint density at radius 1 is 1.18 bits per heavy atom. The Bertz CT molecular complexity index is 458. The molecule has 1 atom stereocenters. The van der Waals surface area contributed by atoms with Crippen molar-refractivity contribution in [2.75, 3.05) is 20.1 Å². The molecule has 1 unspecified atom stereocenters. The predicted octanol–water partition coefficient (Wildman–Crippen LogP) is 4.12. The fraction of sp³-hybridized carbons (Fsp3) is 0.571. The van der Waals surface area contributed by atoms with Crippen molar-refractivity contribution in [2.24, 2.45) is 0 Å². The Morgan fingerprint density at radius 2 is 1.94 bits per heavy atom. The first kappa shape index (κ1) is 12.2. The molecule has 0 saturated carbocycles. The third-order valence-corrected chi connectivity index (χ3v) is 5.77. The molecule has 1 nitrogen and oxygen atoms in total. The minimum Gasteiger partial charge on any atom is -0.305 e. The highest BCUT2D eigenvalue weighted by Crippen LogP contribution is 2.48. The average molecular weight is 359 g/mol. The molecular weight excluding hydrogens is 342 g/mol. The Hall–Kier alpha value is 0.140. The second kappa shape index (κ2) is 4.36. The number of rotatable bonds is 0. The van der Waals surface area contributed by atoms with Crippen molar-refractivity contribution in [1.82, 2.24) is 4.90 Å². The molecule has 92 valence electrons. The van der Waals surface area contributed by atoms with Gasteiger partial charge in [-0.2, -0.15) is 0 Å². The lowest BCUT2D eigenvalue weighted by Crippen LogP contribution is -2.34. The predicted molar refractivity (Wildman–Crippen MR) is 78.6 cm³/mol. The third kappa shape index (κ3) is 1.91. The van der Waals surface area contributed by atoms with Crippen LogP contribution in [0.5, 0.6) is 0 Å². The molecule has 1 spiro atoms. The summed E-state index contributed by atoms with van der Waals surface area (Å²) in [7, 11) is 2.24. The quantitative estimate of drug-likeness (QED) is 0.674. The van der Waals surface area contributed by atoms with E-state index in [9.17, 15) is 0 Å². The van der Waals surface area contributed by atoms with Gasteiger partial charge in [0, 0.05) is 20.9 Å². The van der Waals surface area contributed by atoms with Gasteiger partial charge in [-0.3, -0.25) is 0 Å². The summed E-state index contributed by atoms with van der Waals surface area (Å²) in [4.78, 5) is 2.47. The number of likely N-dealkylation sites (tertiary alicyclic amines) is 1. The third-order valence-electron chi connectivity index (χ3n) is 4.36. The largest absolute Gasteiger partial charge is 0.305 e. The van der Waals surface area contributed by atoms with E-state index in [1.54, 1.807) is 11.1 Å². The average Bonchev–Trinajstić information content (AvgIpc) is 2.66. The molecule has 0 radical (unpaired) electrons. The Balaban J connectivity index is 2.16. The van der Waals surface area contributed by atoms with Crippen LogP contribution in [0.2, 0.25) is 0 Å². The van der Waals surface area contributed by atoms with Crippen molar-refractivity contribution in [2.45, 2.75) is 31.1 Å². The zero-order valence-electron chi connectivity index (χ0n) is 10.1. The fourth-order valence-corrected chi connectivity index (χ4v) is 4.95. The minimum atomic E-state index is 0.408. The monoisotopic (exact) mass is 357 g/mol. The Kier molecular flexibility index (Phi) is 3.12. The van der Waals surface area contributed by atoms with Crippen LogP contribution < -0.4 is 0 Å². The number of nitrogens with zero attached hydrogens (tertiary/aromatic N) is 1. The van der Waals surface area contributed by atoms with E-state index in [4.69, 9.17) is 0 Å². The van der Waals surface area contributed by atoms with Gasteiger partial charge in [0.1, 0.15) is 0 Å². The first-order valence-corrected chi connectivity index (χ1v) is 7.87. The molecule has 1 aromatic carbocycles. The molecule has 1 fully saturated rings. The summed E-state index contributed by atoms with van der Waals surface area (Å²) in [6, 6.07) is 4.38. The molecule has 1 aliphatic heterocycles. The summed E-state index contributed by atoms with van der Waals surface area (Å²) in [5, 5.41) is 0. The summed E-state index contributed by atoms with van der Waals surface area (Å²) in [5.74, 6) is 0. The summed E-state index contributed by atoms with van der Waals surface area (Å²) in [6.07, 6.45) is 5.21. The van der Waals surface area contributed by atoms with Gasteiger partial charge in [0.2, 0.25) is 0 Å². The standard InChI is InChI=1S/C14H17Br2N/c1-17-8-7-14(9-17)6-2-3-10-11(15)4-5-12(16)13(10)14/h4-5H,2-3,6-9H2,1H3. The highest BCUT2D eigenvalue weighted by atomic mass is 79.9. The maximum atomic E-state index is 3.78. The maximum absolute atomic E-state index is 3.78. The summed E-state index contributed by atoms with van der Waals surface area (Å²) in [6.45, 7) is 2.45. The van der Waals surface area contributed by atoms with Gasteiger partial charge in [0.25, 0.3) is 0 Å². The molecule has 0 aromatic heterocycles. The number of halogens is 2. The van der Waals surface area contributed by atoms with Crippen LogP contribution in [0.15, 0.2) is 21.1 Å². The van der Waals surface area contributed by atoms with E-state index < -0.39 is 0 Å². The summed E-state index contributed by atoms with van der Waals surface area (Å²) in [5.41, 5.74) is 3.54. The summed E-state index contributed by atoms with van der Waals surface area (Å²) < 4.78 is 2.61. The Labute approximate surface area is 120 Å². The normalized spacial score (nSPS) is 28.6. The number of likely N-dealkylation sites (N-methyl/N-ethyl adjacent to an activating group) is 1. The van der Waals surface area contributed by atoms with Crippen LogP contribution in [0.4, 0.5) is 0 Å².